The lowest BCUT2D eigenvalue weighted by Gasteiger charge is -2.28. The summed E-state index contributed by atoms with van der Waals surface area (Å²) in [5.74, 6) is -0.718. The molecule has 1 N–H and O–H groups in total. The molecule has 0 saturated carbocycles. The summed E-state index contributed by atoms with van der Waals surface area (Å²) in [6.45, 7) is 3.68. The molecule has 26 heavy (non-hydrogen) atoms. The zero-order valence-electron chi connectivity index (χ0n) is 14.9. The van der Waals surface area contributed by atoms with Gasteiger partial charge in [0.2, 0.25) is 11.8 Å². The van der Waals surface area contributed by atoms with E-state index in [2.05, 4.69) is 10.3 Å². The van der Waals surface area contributed by atoms with Gasteiger partial charge in [-0.3, -0.25) is 14.6 Å². The lowest BCUT2D eigenvalue weighted by Crippen LogP contribution is -2.46. The van der Waals surface area contributed by atoms with E-state index in [1.807, 2.05) is 12.1 Å². The lowest BCUT2D eigenvalue weighted by molar-refractivity contribution is -0.145. The van der Waals surface area contributed by atoms with Crippen molar-refractivity contribution in [1.82, 2.24) is 9.88 Å². The molecule has 0 aliphatic rings. The molecule has 0 fully saturated rings. The zero-order chi connectivity index (χ0) is 19.3. The number of aromatic nitrogens is 1. The molecule has 0 aliphatic heterocycles. The van der Waals surface area contributed by atoms with Gasteiger partial charge >= 0.3 is 0 Å². The van der Waals surface area contributed by atoms with Crippen molar-refractivity contribution >= 4 is 40.7 Å². The number of benzene rings is 1. The number of nitrogens with one attached hydrogen (secondary N) is 1. The molecule has 0 atom stereocenters. The van der Waals surface area contributed by atoms with Crippen LogP contribution in [0.4, 0.5) is 5.69 Å². The van der Waals surface area contributed by atoms with Crippen molar-refractivity contribution in [3.63, 3.8) is 0 Å². The summed E-state index contributed by atoms with van der Waals surface area (Å²) in [6.07, 6.45) is 4.11. The monoisotopic (exact) mass is 393 g/mol. The number of nitrogens with zero attached hydrogens (tertiary/aromatic N) is 2. The topological polar surface area (TPSA) is 62.3 Å². The summed E-state index contributed by atoms with van der Waals surface area (Å²) in [5.41, 5.74) is 0.204. The zero-order valence-corrected chi connectivity index (χ0v) is 16.4. The number of halogens is 2. The lowest BCUT2D eigenvalue weighted by atomic mass is 9.90. The number of rotatable bonds is 6. The molecule has 0 bridgehead atoms. The molecule has 2 aromatic rings. The van der Waals surface area contributed by atoms with Crippen LogP contribution in [0.1, 0.15) is 19.4 Å². The number of carbonyl (C=O) groups excluding carboxylic acids is 2. The average Bonchev–Trinajstić information content (AvgIpc) is 2.62. The van der Waals surface area contributed by atoms with Crippen LogP contribution in [0.25, 0.3) is 0 Å². The quantitative estimate of drug-likeness (QED) is 0.752. The van der Waals surface area contributed by atoms with Gasteiger partial charge in [-0.25, -0.2) is 0 Å². The molecule has 0 radical (unpaired) electrons. The van der Waals surface area contributed by atoms with E-state index in [4.69, 9.17) is 23.2 Å². The number of likely N-dealkylation sites (N-methyl/N-ethyl adjacent to an activating group) is 1. The van der Waals surface area contributed by atoms with Gasteiger partial charge in [0, 0.05) is 31.0 Å². The van der Waals surface area contributed by atoms with E-state index < -0.39 is 11.3 Å². The van der Waals surface area contributed by atoms with Crippen LogP contribution in [0.3, 0.4) is 0 Å². The van der Waals surface area contributed by atoms with Crippen molar-refractivity contribution in [2.75, 3.05) is 18.9 Å². The molecule has 0 spiro atoms. The van der Waals surface area contributed by atoms with Crippen LogP contribution >= 0.6 is 23.2 Å². The van der Waals surface area contributed by atoms with E-state index in [1.54, 1.807) is 56.4 Å². The first kappa shape index (κ1) is 20.2. The molecule has 0 unspecified atom stereocenters. The van der Waals surface area contributed by atoms with Crippen molar-refractivity contribution in [3.8, 4) is 0 Å². The van der Waals surface area contributed by atoms with E-state index in [1.165, 1.54) is 0 Å². The Hall–Kier alpha value is -2.11. The van der Waals surface area contributed by atoms with Gasteiger partial charge in [-0.2, -0.15) is 0 Å². The Balaban J connectivity index is 2.03. The second-order valence-corrected chi connectivity index (χ2v) is 7.38. The Bertz CT molecular complexity index is 795. The maximum Gasteiger partial charge on any atom is 0.239 e. The van der Waals surface area contributed by atoms with Gasteiger partial charge in [-0.15, -0.1) is 0 Å². The highest BCUT2D eigenvalue weighted by molar-refractivity contribution is 6.35. The molecule has 5 nitrogen and oxygen atoms in total. The molecular formula is C19H21Cl2N3O2. The summed E-state index contributed by atoms with van der Waals surface area (Å²) >= 11 is 12.0. The summed E-state index contributed by atoms with van der Waals surface area (Å²) in [5, 5.41) is 3.50. The van der Waals surface area contributed by atoms with Gasteiger partial charge in [0.1, 0.15) is 5.41 Å². The van der Waals surface area contributed by atoms with Crippen LogP contribution in [0.5, 0.6) is 0 Å². The number of amides is 2. The number of hydrogen-bond acceptors (Lipinski definition) is 3. The smallest absolute Gasteiger partial charge is 0.239 e. The van der Waals surface area contributed by atoms with Gasteiger partial charge in [0.15, 0.2) is 0 Å². The first-order chi connectivity index (χ1) is 12.2. The van der Waals surface area contributed by atoms with E-state index in [-0.39, 0.29) is 5.91 Å². The minimum Gasteiger partial charge on any atom is -0.345 e. The Labute approximate surface area is 163 Å². The van der Waals surface area contributed by atoms with Gasteiger partial charge < -0.3 is 10.2 Å². The Kier molecular flexibility index (Phi) is 6.62. The first-order valence-electron chi connectivity index (χ1n) is 8.13. The highest BCUT2D eigenvalue weighted by Crippen LogP contribution is 2.28. The van der Waals surface area contributed by atoms with E-state index in [0.29, 0.717) is 28.7 Å². The van der Waals surface area contributed by atoms with Crippen LogP contribution in [-0.2, 0) is 16.0 Å². The van der Waals surface area contributed by atoms with Crippen molar-refractivity contribution in [2.45, 2.75) is 20.3 Å². The standard InChI is InChI=1S/C19H21Cl2N3O2/c1-19(2,17(25)23-16-12-14(20)4-5-15(16)21)18(26)24(3)11-8-13-6-9-22-10-7-13/h4-7,9-10,12H,8,11H2,1-3H3,(H,23,25). The SMILES string of the molecule is CN(CCc1ccncc1)C(=O)C(C)(C)C(=O)Nc1cc(Cl)ccc1Cl. The van der Waals surface area contributed by atoms with Crippen LogP contribution < -0.4 is 5.32 Å². The van der Waals surface area contributed by atoms with E-state index in [0.717, 1.165) is 5.56 Å². The molecule has 0 saturated heterocycles. The van der Waals surface area contributed by atoms with Crippen LogP contribution in [0.2, 0.25) is 10.0 Å². The number of hydrogen-bond donors (Lipinski definition) is 1. The van der Waals surface area contributed by atoms with Gasteiger partial charge in [-0.1, -0.05) is 23.2 Å². The Morgan fingerprint density at radius 3 is 2.46 bits per heavy atom. The van der Waals surface area contributed by atoms with Crippen molar-refractivity contribution in [3.05, 3.63) is 58.3 Å². The highest BCUT2D eigenvalue weighted by atomic mass is 35.5. The molecule has 138 valence electrons. The highest BCUT2D eigenvalue weighted by Gasteiger charge is 2.38. The minimum absolute atomic E-state index is 0.276. The Morgan fingerprint density at radius 1 is 1.15 bits per heavy atom. The molecule has 2 amide bonds. The largest absolute Gasteiger partial charge is 0.345 e. The predicted molar refractivity (Wildman–Crippen MR) is 104 cm³/mol. The normalized spacial score (nSPS) is 11.1. The molecule has 7 heteroatoms. The van der Waals surface area contributed by atoms with Crippen LogP contribution in [0, 0.1) is 5.41 Å². The second kappa shape index (κ2) is 8.52. The minimum atomic E-state index is -1.25. The third-order valence-electron chi connectivity index (χ3n) is 4.11. The molecule has 0 aliphatic carbocycles. The third-order valence-corrected chi connectivity index (χ3v) is 4.68. The third kappa shape index (κ3) is 4.96. The van der Waals surface area contributed by atoms with Crippen LogP contribution in [0.15, 0.2) is 42.7 Å². The molecule has 2 rings (SSSR count). The fourth-order valence-corrected chi connectivity index (χ4v) is 2.73. The predicted octanol–water partition coefficient (Wildman–Crippen LogP) is 4.05. The number of pyridine rings is 1. The molecule has 1 heterocycles. The molecular weight excluding hydrogens is 373 g/mol. The fourth-order valence-electron chi connectivity index (χ4n) is 2.39. The number of anilines is 1. The van der Waals surface area contributed by atoms with Crippen LogP contribution in [-0.4, -0.2) is 35.3 Å². The summed E-state index contributed by atoms with van der Waals surface area (Å²) in [4.78, 5) is 30.9. The average molecular weight is 394 g/mol. The summed E-state index contributed by atoms with van der Waals surface area (Å²) in [6, 6.07) is 8.57. The maximum absolute atomic E-state index is 12.8. The number of carbonyl (C=O) groups is 2. The second-order valence-electron chi connectivity index (χ2n) is 6.54. The maximum atomic E-state index is 12.8. The molecule has 1 aromatic carbocycles. The van der Waals surface area contributed by atoms with Crippen molar-refractivity contribution < 1.29 is 9.59 Å². The van der Waals surface area contributed by atoms with Crippen molar-refractivity contribution in [2.24, 2.45) is 5.41 Å². The van der Waals surface area contributed by atoms with E-state index >= 15 is 0 Å². The van der Waals surface area contributed by atoms with Crippen molar-refractivity contribution in [1.29, 1.82) is 0 Å². The summed E-state index contributed by atoms with van der Waals surface area (Å²) in [7, 11) is 1.69. The molecule has 1 aromatic heterocycles. The van der Waals surface area contributed by atoms with Gasteiger partial charge in [-0.05, 0) is 56.2 Å². The van der Waals surface area contributed by atoms with Gasteiger partial charge in [0.25, 0.3) is 0 Å². The van der Waals surface area contributed by atoms with E-state index in [9.17, 15) is 9.59 Å². The fraction of sp³-hybridized carbons (Fsp3) is 0.316. The Morgan fingerprint density at radius 2 is 1.81 bits per heavy atom. The summed E-state index contributed by atoms with van der Waals surface area (Å²) < 4.78 is 0. The first-order valence-corrected chi connectivity index (χ1v) is 8.88. The van der Waals surface area contributed by atoms with Gasteiger partial charge in [0.05, 0.1) is 10.7 Å².